The van der Waals surface area contributed by atoms with Crippen LogP contribution in [0.2, 0.25) is 10.0 Å². The Balaban J connectivity index is 1.77. The van der Waals surface area contributed by atoms with Gasteiger partial charge in [-0.3, -0.25) is 0 Å². The van der Waals surface area contributed by atoms with E-state index in [-0.39, 0.29) is 6.61 Å². The number of nitrogens with zero attached hydrogens (tertiary/aromatic N) is 3. The maximum Gasteiger partial charge on any atom is 0.338 e. The minimum Gasteiger partial charge on any atom is -0.490 e. The number of halogens is 3. The number of aromatic nitrogens is 3. The quantitative estimate of drug-likeness (QED) is 0.166. The molecule has 0 bridgehead atoms. The Morgan fingerprint density at radius 1 is 1.18 bits per heavy atom. The number of anilines is 1. The van der Waals surface area contributed by atoms with Gasteiger partial charge in [0.25, 0.3) is 0 Å². The molecule has 2 heterocycles. The third-order valence-corrected chi connectivity index (χ3v) is 7.69. The van der Waals surface area contributed by atoms with E-state index in [0.717, 1.165) is 16.9 Å². The van der Waals surface area contributed by atoms with Gasteiger partial charge in [-0.05, 0) is 71.8 Å². The van der Waals surface area contributed by atoms with Gasteiger partial charge in [0.15, 0.2) is 11.5 Å². The van der Waals surface area contributed by atoms with Crippen molar-refractivity contribution in [3.05, 3.63) is 67.2 Å². The van der Waals surface area contributed by atoms with Gasteiger partial charge >= 0.3 is 5.97 Å². The number of rotatable bonds is 11. The molecule has 0 amide bonds. The maximum absolute atomic E-state index is 13.3. The van der Waals surface area contributed by atoms with E-state index in [1.165, 1.54) is 11.8 Å². The van der Waals surface area contributed by atoms with Gasteiger partial charge in [0.1, 0.15) is 12.6 Å². The summed E-state index contributed by atoms with van der Waals surface area (Å²) in [6.45, 7) is 8.66. The number of carbonyl (C=O) groups is 1. The second-order valence-corrected chi connectivity index (χ2v) is 11.5. The number of ether oxygens (including phenoxy) is 3. The Morgan fingerprint density at radius 2 is 1.97 bits per heavy atom. The lowest BCUT2D eigenvalue weighted by Crippen LogP contribution is -2.30. The van der Waals surface area contributed by atoms with Crippen LogP contribution in [0, 0.1) is 0 Å². The number of nitrogens with one attached hydrogen (secondary N) is 1. The Kier molecular flexibility index (Phi) is 10.1. The summed E-state index contributed by atoms with van der Waals surface area (Å²) in [5.74, 6) is 1.97. The van der Waals surface area contributed by atoms with Crippen molar-refractivity contribution in [1.82, 2.24) is 14.8 Å². The van der Waals surface area contributed by atoms with Gasteiger partial charge in [0.05, 0.1) is 23.3 Å². The van der Waals surface area contributed by atoms with Gasteiger partial charge in [0, 0.05) is 21.3 Å². The summed E-state index contributed by atoms with van der Waals surface area (Å²) < 4.78 is 20.1. The molecular weight excluding hydrogens is 627 g/mol. The molecule has 1 aliphatic rings. The van der Waals surface area contributed by atoms with E-state index >= 15 is 0 Å². The Morgan fingerprint density at radius 3 is 2.67 bits per heavy atom. The number of carbonyl (C=O) groups excluding carboxylic acids is 1. The van der Waals surface area contributed by atoms with Gasteiger partial charge in [-0.1, -0.05) is 54.9 Å². The van der Waals surface area contributed by atoms with Crippen LogP contribution in [-0.4, -0.2) is 39.7 Å². The summed E-state index contributed by atoms with van der Waals surface area (Å²) in [5.41, 5.74) is 2.64. The highest BCUT2D eigenvalue weighted by atomic mass is 79.9. The number of thioether (sulfide) groups is 1. The molecule has 1 unspecified atom stereocenters. The van der Waals surface area contributed by atoms with Gasteiger partial charge in [-0.15, -0.1) is 5.10 Å². The first-order chi connectivity index (χ1) is 18.8. The molecule has 1 aliphatic heterocycles. The summed E-state index contributed by atoms with van der Waals surface area (Å²) >= 11 is 17.6. The van der Waals surface area contributed by atoms with Crippen LogP contribution in [0.5, 0.6) is 11.5 Å². The lowest BCUT2D eigenvalue weighted by atomic mass is 9.95. The van der Waals surface area contributed by atoms with Crippen LogP contribution in [-0.2, 0) is 16.1 Å². The SMILES string of the molecule is CCCOC(=O)C1=C(C)Nc2nc(SCC)nn2C1c1cc(Br)c(OCc2ccc(Cl)cc2Cl)c(OCC)c1. The van der Waals surface area contributed by atoms with E-state index in [2.05, 4.69) is 26.2 Å². The Hall–Kier alpha value is -2.40. The molecular formula is C27H29BrCl2N4O4S. The van der Waals surface area contributed by atoms with E-state index in [4.69, 9.17) is 42.5 Å². The van der Waals surface area contributed by atoms with Crippen molar-refractivity contribution in [3.8, 4) is 11.5 Å². The predicted octanol–water partition coefficient (Wildman–Crippen LogP) is 7.68. The van der Waals surface area contributed by atoms with Crippen LogP contribution < -0.4 is 14.8 Å². The van der Waals surface area contributed by atoms with E-state index in [1.54, 1.807) is 16.8 Å². The van der Waals surface area contributed by atoms with Crippen LogP contribution in [0.4, 0.5) is 5.95 Å². The Bertz CT molecular complexity index is 1400. The molecule has 0 aliphatic carbocycles. The zero-order valence-corrected chi connectivity index (χ0v) is 25.9. The highest BCUT2D eigenvalue weighted by Crippen LogP contribution is 2.44. The van der Waals surface area contributed by atoms with Crippen molar-refractivity contribution < 1.29 is 19.0 Å². The lowest BCUT2D eigenvalue weighted by Gasteiger charge is -2.29. The van der Waals surface area contributed by atoms with Crippen molar-refractivity contribution >= 4 is 62.8 Å². The fourth-order valence-corrected chi connectivity index (χ4v) is 5.70. The molecule has 0 saturated heterocycles. The zero-order chi connectivity index (χ0) is 28.1. The molecule has 2 aromatic carbocycles. The van der Waals surface area contributed by atoms with Crippen molar-refractivity contribution in [2.24, 2.45) is 0 Å². The van der Waals surface area contributed by atoms with Crippen LogP contribution in [0.1, 0.15) is 51.3 Å². The van der Waals surface area contributed by atoms with E-state index in [0.29, 0.717) is 68.0 Å². The summed E-state index contributed by atoms with van der Waals surface area (Å²) in [6.07, 6.45) is 0.714. The van der Waals surface area contributed by atoms with Gasteiger partial charge in [-0.25, -0.2) is 9.48 Å². The number of benzene rings is 2. The number of allylic oxidation sites excluding steroid dienone is 1. The molecule has 12 heteroatoms. The van der Waals surface area contributed by atoms with Crippen LogP contribution >= 0.6 is 50.9 Å². The molecule has 4 rings (SSSR count). The second kappa shape index (κ2) is 13.3. The summed E-state index contributed by atoms with van der Waals surface area (Å²) in [7, 11) is 0. The summed E-state index contributed by atoms with van der Waals surface area (Å²) in [4.78, 5) is 17.9. The van der Waals surface area contributed by atoms with E-state index in [1.807, 2.05) is 45.9 Å². The fourth-order valence-electron chi connectivity index (χ4n) is 4.10. The normalized spacial score (nSPS) is 14.6. The highest BCUT2D eigenvalue weighted by Gasteiger charge is 2.36. The fraction of sp³-hybridized carbons (Fsp3) is 0.370. The smallest absolute Gasteiger partial charge is 0.338 e. The second-order valence-electron chi connectivity index (χ2n) is 8.59. The molecule has 1 N–H and O–H groups in total. The average molecular weight is 656 g/mol. The molecule has 1 aromatic heterocycles. The van der Waals surface area contributed by atoms with Crippen LogP contribution in [0.25, 0.3) is 0 Å². The summed E-state index contributed by atoms with van der Waals surface area (Å²) in [6, 6.07) is 8.42. The molecule has 3 aromatic rings. The average Bonchev–Trinajstić information content (AvgIpc) is 3.29. The Labute approximate surface area is 250 Å². The third kappa shape index (κ3) is 6.67. The maximum atomic E-state index is 13.3. The number of esters is 1. The molecule has 0 fully saturated rings. The molecule has 1 atom stereocenters. The zero-order valence-electron chi connectivity index (χ0n) is 22.0. The molecule has 8 nitrogen and oxygen atoms in total. The van der Waals surface area contributed by atoms with Crippen molar-refractivity contribution in [3.63, 3.8) is 0 Å². The van der Waals surface area contributed by atoms with Gasteiger partial charge in [-0.2, -0.15) is 4.98 Å². The first-order valence-corrected chi connectivity index (χ1v) is 15.1. The van der Waals surface area contributed by atoms with Crippen LogP contribution in [0.3, 0.4) is 0 Å². The number of hydrogen-bond donors (Lipinski definition) is 1. The van der Waals surface area contributed by atoms with E-state index in [9.17, 15) is 4.79 Å². The third-order valence-electron chi connectivity index (χ3n) is 5.80. The minimum atomic E-state index is -0.598. The van der Waals surface area contributed by atoms with Gasteiger partial charge in [0.2, 0.25) is 11.1 Å². The highest BCUT2D eigenvalue weighted by molar-refractivity contribution is 9.10. The minimum absolute atomic E-state index is 0.208. The molecule has 208 valence electrons. The van der Waals surface area contributed by atoms with E-state index < -0.39 is 12.0 Å². The molecule has 0 radical (unpaired) electrons. The number of hydrogen-bond acceptors (Lipinski definition) is 8. The molecule has 0 saturated carbocycles. The van der Waals surface area contributed by atoms with Crippen molar-refractivity contribution in [2.75, 3.05) is 24.3 Å². The molecule has 39 heavy (non-hydrogen) atoms. The number of fused-ring (bicyclic) bond motifs is 1. The monoisotopic (exact) mass is 654 g/mol. The van der Waals surface area contributed by atoms with Gasteiger partial charge < -0.3 is 19.5 Å². The molecule has 0 spiro atoms. The predicted molar refractivity (Wildman–Crippen MR) is 158 cm³/mol. The van der Waals surface area contributed by atoms with Crippen LogP contribution in [0.15, 0.2) is 51.2 Å². The standard InChI is InChI=1S/C27H29BrCl2N4O4S/c1-5-10-37-25(35)22-15(4)31-26-32-27(39-7-3)33-34(26)23(22)17-11-19(28)24(21(12-17)36-6-2)38-14-16-8-9-18(29)13-20(16)30/h8-9,11-13,23H,5-7,10,14H2,1-4H3,(H,31,32,33). The first-order valence-electron chi connectivity index (χ1n) is 12.5. The van der Waals surface area contributed by atoms with Crippen molar-refractivity contribution in [1.29, 1.82) is 0 Å². The summed E-state index contributed by atoms with van der Waals surface area (Å²) in [5, 5.41) is 9.62. The van der Waals surface area contributed by atoms with Crippen molar-refractivity contribution in [2.45, 2.75) is 51.9 Å². The first kappa shape index (κ1) is 29.6. The topological polar surface area (TPSA) is 87.5 Å². The lowest BCUT2D eigenvalue weighted by molar-refractivity contribution is -0.139. The largest absolute Gasteiger partial charge is 0.490 e.